The van der Waals surface area contributed by atoms with Crippen LogP contribution in [0, 0.1) is 13.8 Å². The molecule has 0 bridgehead atoms. The molecule has 2 aromatic rings. The van der Waals surface area contributed by atoms with Gasteiger partial charge in [-0.15, -0.1) is 0 Å². The molecule has 6 nitrogen and oxygen atoms in total. The number of hydrogen-bond acceptors (Lipinski definition) is 4. The van der Waals surface area contributed by atoms with E-state index in [9.17, 15) is 8.42 Å². The van der Waals surface area contributed by atoms with Gasteiger partial charge in [-0.2, -0.15) is 5.10 Å². The van der Waals surface area contributed by atoms with Crippen molar-refractivity contribution in [2.75, 3.05) is 10.5 Å². The largest absolute Gasteiger partial charge is 0.398 e. The van der Waals surface area contributed by atoms with Gasteiger partial charge < -0.3 is 5.73 Å². The number of sulfonamides is 1. The minimum Gasteiger partial charge on any atom is -0.398 e. The van der Waals surface area contributed by atoms with E-state index in [4.69, 9.17) is 5.73 Å². The molecule has 0 radical (unpaired) electrons. The lowest BCUT2D eigenvalue weighted by atomic mass is 10.1. The van der Waals surface area contributed by atoms with Crippen LogP contribution in [0.2, 0.25) is 0 Å². The zero-order valence-electron chi connectivity index (χ0n) is 11.0. The second-order valence-corrected chi connectivity index (χ2v) is 6.12. The molecule has 102 valence electrons. The topological polar surface area (TPSA) is 90.0 Å². The van der Waals surface area contributed by atoms with Gasteiger partial charge in [0.1, 0.15) is 0 Å². The van der Waals surface area contributed by atoms with Gasteiger partial charge in [0.05, 0.1) is 4.90 Å². The molecule has 0 saturated heterocycles. The Balaban J connectivity index is 2.40. The van der Waals surface area contributed by atoms with Gasteiger partial charge in [-0.1, -0.05) is 0 Å². The maximum absolute atomic E-state index is 12.2. The molecule has 1 aromatic heterocycles. The molecule has 1 aromatic carbocycles. The maximum atomic E-state index is 12.2. The molecular formula is C12H16N4O2S. The Labute approximate surface area is 112 Å². The zero-order chi connectivity index (χ0) is 14.2. The summed E-state index contributed by atoms with van der Waals surface area (Å²) in [5.74, 6) is 0.277. The van der Waals surface area contributed by atoms with Gasteiger partial charge in [-0.05, 0) is 37.1 Å². The van der Waals surface area contributed by atoms with Crippen molar-refractivity contribution < 1.29 is 8.42 Å². The third-order valence-corrected chi connectivity index (χ3v) is 4.28. The average Bonchev–Trinajstić information content (AvgIpc) is 2.70. The van der Waals surface area contributed by atoms with E-state index in [1.54, 1.807) is 25.4 Å². The summed E-state index contributed by atoms with van der Waals surface area (Å²) in [6, 6.07) is 4.63. The van der Waals surface area contributed by atoms with Crippen molar-refractivity contribution in [3.63, 3.8) is 0 Å². The quantitative estimate of drug-likeness (QED) is 0.832. The van der Waals surface area contributed by atoms with Crippen LogP contribution in [-0.4, -0.2) is 18.2 Å². The van der Waals surface area contributed by atoms with E-state index in [2.05, 4.69) is 9.82 Å². The fourth-order valence-electron chi connectivity index (χ4n) is 1.67. The van der Waals surface area contributed by atoms with E-state index < -0.39 is 10.0 Å². The standard InChI is InChI=1S/C12H16N4O2S/c1-8-6-10(7-11(13)9(8)2)19(17,18)15-12-4-5-16(3)14-12/h4-7H,13H2,1-3H3,(H,14,15). The number of nitrogen functional groups attached to an aromatic ring is 1. The van der Waals surface area contributed by atoms with Crippen LogP contribution in [0.4, 0.5) is 11.5 Å². The Morgan fingerprint density at radius 3 is 2.53 bits per heavy atom. The number of nitrogens with zero attached hydrogens (tertiary/aromatic N) is 2. The molecule has 2 rings (SSSR count). The average molecular weight is 280 g/mol. The molecule has 0 fully saturated rings. The first kappa shape index (κ1) is 13.4. The van der Waals surface area contributed by atoms with Crippen molar-refractivity contribution in [1.82, 2.24) is 9.78 Å². The Morgan fingerprint density at radius 1 is 1.32 bits per heavy atom. The fraction of sp³-hybridized carbons (Fsp3) is 0.250. The number of aryl methyl sites for hydroxylation is 2. The number of aromatic nitrogens is 2. The molecule has 0 aliphatic carbocycles. The highest BCUT2D eigenvalue weighted by atomic mass is 32.2. The van der Waals surface area contributed by atoms with Gasteiger partial charge in [0.25, 0.3) is 10.0 Å². The maximum Gasteiger partial charge on any atom is 0.263 e. The summed E-state index contributed by atoms with van der Waals surface area (Å²) in [4.78, 5) is 0.138. The summed E-state index contributed by atoms with van der Waals surface area (Å²) in [5.41, 5.74) is 7.98. The lowest BCUT2D eigenvalue weighted by Crippen LogP contribution is -2.14. The van der Waals surface area contributed by atoms with E-state index in [1.807, 2.05) is 13.8 Å². The van der Waals surface area contributed by atoms with E-state index in [0.29, 0.717) is 5.69 Å². The van der Waals surface area contributed by atoms with Crippen LogP contribution in [0.1, 0.15) is 11.1 Å². The van der Waals surface area contributed by atoms with Crippen LogP contribution >= 0.6 is 0 Å². The number of rotatable bonds is 3. The molecule has 0 saturated carbocycles. The molecule has 19 heavy (non-hydrogen) atoms. The van der Waals surface area contributed by atoms with Crippen LogP contribution in [0.25, 0.3) is 0 Å². The molecule has 0 aliphatic heterocycles. The van der Waals surface area contributed by atoms with Crippen LogP contribution < -0.4 is 10.5 Å². The number of nitrogens with one attached hydrogen (secondary N) is 1. The molecule has 3 N–H and O–H groups in total. The van der Waals surface area contributed by atoms with Crippen LogP contribution in [0.3, 0.4) is 0 Å². The Bertz CT molecular complexity index is 696. The predicted molar refractivity (Wildman–Crippen MR) is 74.3 cm³/mol. The predicted octanol–water partition coefficient (Wildman–Crippen LogP) is 1.42. The van der Waals surface area contributed by atoms with Crippen molar-refractivity contribution in [2.45, 2.75) is 18.7 Å². The highest BCUT2D eigenvalue weighted by molar-refractivity contribution is 7.92. The van der Waals surface area contributed by atoms with Gasteiger partial charge in [0.2, 0.25) is 0 Å². The van der Waals surface area contributed by atoms with Crippen molar-refractivity contribution in [2.24, 2.45) is 7.05 Å². The van der Waals surface area contributed by atoms with Crippen LogP contribution in [0.15, 0.2) is 29.3 Å². The molecule has 0 amide bonds. The van der Waals surface area contributed by atoms with E-state index in [-0.39, 0.29) is 10.7 Å². The summed E-state index contributed by atoms with van der Waals surface area (Å²) in [6.45, 7) is 3.68. The number of nitrogens with two attached hydrogens (primary N) is 1. The summed E-state index contributed by atoms with van der Waals surface area (Å²) in [6.07, 6.45) is 1.66. The number of benzene rings is 1. The lowest BCUT2D eigenvalue weighted by molar-refractivity contribution is 0.600. The van der Waals surface area contributed by atoms with E-state index >= 15 is 0 Å². The number of hydrogen-bond donors (Lipinski definition) is 2. The van der Waals surface area contributed by atoms with Gasteiger partial charge >= 0.3 is 0 Å². The van der Waals surface area contributed by atoms with Crippen molar-refractivity contribution in [3.8, 4) is 0 Å². The minimum absolute atomic E-state index is 0.138. The summed E-state index contributed by atoms with van der Waals surface area (Å²) >= 11 is 0. The Hall–Kier alpha value is -2.02. The SMILES string of the molecule is Cc1cc(S(=O)(=O)Nc2ccn(C)n2)cc(N)c1C. The Kier molecular flexibility index (Phi) is 3.23. The lowest BCUT2D eigenvalue weighted by Gasteiger charge is -2.10. The van der Waals surface area contributed by atoms with E-state index in [1.165, 1.54) is 10.7 Å². The Morgan fingerprint density at radius 2 is 2.00 bits per heavy atom. The third-order valence-electron chi connectivity index (χ3n) is 2.94. The zero-order valence-corrected chi connectivity index (χ0v) is 11.8. The second-order valence-electron chi connectivity index (χ2n) is 4.43. The fourth-order valence-corrected chi connectivity index (χ4v) is 2.79. The second kappa shape index (κ2) is 4.58. The highest BCUT2D eigenvalue weighted by Crippen LogP contribution is 2.22. The normalized spacial score (nSPS) is 11.5. The molecular weight excluding hydrogens is 264 g/mol. The smallest absolute Gasteiger partial charge is 0.263 e. The molecule has 7 heteroatoms. The van der Waals surface area contributed by atoms with Gasteiger partial charge in [-0.25, -0.2) is 8.42 Å². The summed E-state index contributed by atoms with van der Waals surface area (Å²) in [5, 5.41) is 3.98. The van der Waals surface area contributed by atoms with Gasteiger partial charge in [0, 0.05) is 25.0 Å². The summed E-state index contributed by atoms with van der Waals surface area (Å²) in [7, 11) is -1.95. The molecule has 0 aliphatic rings. The van der Waals surface area contributed by atoms with Gasteiger partial charge in [0.15, 0.2) is 5.82 Å². The van der Waals surface area contributed by atoms with Crippen LogP contribution in [0.5, 0.6) is 0 Å². The number of anilines is 2. The van der Waals surface area contributed by atoms with Crippen molar-refractivity contribution in [3.05, 3.63) is 35.5 Å². The molecule has 1 heterocycles. The van der Waals surface area contributed by atoms with Gasteiger partial charge in [-0.3, -0.25) is 9.40 Å². The monoisotopic (exact) mass is 280 g/mol. The van der Waals surface area contributed by atoms with Crippen LogP contribution in [-0.2, 0) is 17.1 Å². The first-order chi connectivity index (χ1) is 8.79. The first-order valence-corrected chi connectivity index (χ1v) is 7.17. The van der Waals surface area contributed by atoms with Crippen molar-refractivity contribution in [1.29, 1.82) is 0 Å². The first-order valence-electron chi connectivity index (χ1n) is 5.69. The summed E-state index contributed by atoms with van der Waals surface area (Å²) < 4.78 is 28.4. The molecule has 0 atom stereocenters. The minimum atomic E-state index is -3.67. The highest BCUT2D eigenvalue weighted by Gasteiger charge is 2.17. The third kappa shape index (κ3) is 2.70. The molecule has 0 spiro atoms. The molecule has 0 unspecified atom stereocenters. The van der Waals surface area contributed by atoms with Crippen molar-refractivity contribution >= 4 is 21.5 Å². The van der Waals surface area contributed by atoms with E-state index in [0.717, 1.165) is 11.1 Å².